The van der Waals surface area contributed by atoms with E-state index >= 15 is 0 Å². The van der Waals surface area contributed by atoms with Gasteiger partial charge in [0.25, 0.3) is 5.56 Å². The van der Waals surface area contributed by atoms with Crippen LogP contribution in [0, 0.1) is 0 Å². The summed E-state index contributed by atoms with van der Waals surface area (Å²) in [6, 6.07) is 0. The number of H-pyrrole nitrogens is 1. The topological polar surface area (TPSA) is 115 Å². The molecule has 26 heavy (non-hydrogen) atoms. The summed E-state index contributed by atoms with van der Waals surface area (Å²) in [4.78, 5) is 20.5. The summed E-state index contributed by atoms with van der Waals surface area (Å²) in [6.45, 7) is 13.2. The molecule has 9 nitrogen and oxygen atoms in total. The van der Waals surface area contributed by atoms with Crippen molar-refractivity contribution in [2.75, 3.05) is 35.8 Å². The molecule has 0 saturated heterocycles. The van der Waals surface area contributed by atoms with E-state index in [1.165, 1.54) is 0 Å². The van der Waals surface area contributed by atoms with Crippen LogP contribution < -0.4 is 21.5 Å². The van der Waals surface area contributed by atoms with Crippen molar-refractivity contribution in [3.8, 4) is 0 Å². The van der Waals surface area contributed by atoms with Crippen molar-refractivity contribution in [1.29, 1.82) is 0 Å². The third kappa shape index (κ3) is 5.86. The van der Waals surface area contributed by atoms with Crippen LogP contribution in [0.25, 0.3) is 0 Å². The number of nitrogens with zero attached hydrogens (tertiary/aromatic N) is 2. The Morgan fingerprint density at radius 3 is 2.50 bits per heavy atom. The Kier molecular flexibility index (Phi) is 6.15. The first-order chi connectivity index (χ1) is 12.0. The quantitative estimate of drug-likeness (QED) is 0.493. The molecule has 1 atom stereocenters. The van der Waals surface area contributed by atoms with Gasteiger partial charge in [0.05, 0.1) is 24.5 Å². The minimum absolute atomic E-state index is 0.0514. The van der Waals surface area contributed by atoms with E-state index in [0.29, 0.717) is 31.4 Å². The Morgan fingerprint density at radius 2 is 1.88 bits per heavy atom. The van der Waals surface area contributed by atoms with Gasteiger partial charge in [0.2, 0.25) is 12.4 Å². The number of nitrogen functional groups attached to an aromatic ring is 1. The van der Waals surface area contributed by atoms with Crippen LogP contribution in [-0.2, 0) is 14.2 Å². The van der Waals surface area contributed by atoms with Crippen LogP contribution in [0.2, 0.25) is 0 Å². The van der Waals surface area contributed by atoms with E-state index in [1.54, 1.807) is 4.90 Å². The van der Waals surface area contributed by atoms with Gasteiger partial charge in [-0.25, -0.2) is 0 Å². The fraction of sp³-hybridized carbons (Fsp3) is 0.765. The number of ether oxygens (including phenoxy) is 3. The van der Waals surface area contributed by atoms with Crippen LogP contribution in [0.4, 0.5) is 17.5 Å². The zero-order chi connectivity index (χ0) is 19.5. The Bertz CT molecular complexity index is 663. The molecule has 1 aliphatic rings. The normalized spacial score (nSPS) is 15.7. The van der Waals surface area contributed by atoms with Crippen molar-refractivity contribution < 1.29 is 14.2 Å². The zero-order valence-corrected chi connectivity index (χ0v) is 16.5. The first-order valence-electron chi connectivity index (χ1n) is 8.80. The summed E-state index contributed by atoms with van der Waals surface area (Å²) in [7, 11) is 0. The highest BCUT2D eigenvalue weighted by Gasteiger charge is 2.33. The summed E-state index contributed by atoms with van der Waals surface area (Å²) in [5.41, 5.74) is 5.11. The monoisotopic (exact) mass is 369 g/mol. The highest BCUT2D eigenvalue weighted by atomic mass is 16.7. The van der Waals surface area contributed by atoms with Crippen LogP contribution in [0.5, 0.6) is 0 Å². The van der Waals surface area contributed by atoms with Gasteiger partial charge in [0, 0.05) is 6.61 Å². The zero-order valence-electron chi connectivity index (χ0n) is 16.5. The van der Waals surface area contributed by atoms with E-state index in [2.05, 4.69) is 15.3 Å². The first-order valence-corrected chi connectivity index (χ1v) is 8.80. The average Bonchev–Trinajstić information content (AvgIpc) is 2.87. The molecule has 4 N–H and O–H groups in total. The van der Waals surface area contributed by atoms with Crippen molar-refractivity contribution in [2.45, 2.75) is 65.6 Å². The van der Waals surface area contributed by atoms with Gasteiger partial charge < -0.3 is 25.3 Å². The van der Waals surface area contributed by atoms with E-state index in [9.17, 15) is 4.79 Å². The molecule has 0 bridgehead atoms. The van der Waals surface area contributed by atoms with E-state index < -0.39 is 12.0 Å². The van der Waals surface area contributed by atoms with Crippen molar-refractivity contribution in [3.63, 3.8) is 0 Å². The number of hydrogen-bond acceptors (Lipinski definition) is 8. The number of anilines is 3. The van der Waals surface area contributed by atoms with E-state index in [-0.39, 0.29) is 17.1 Å². The molecule has 0 spiro atoms. The molecule has 9 heteroatoms. The standard InChI is InChI=1S/C17H31N5O4/c1-16(2,3)25-9-7-8-24-15(26-17(4,5)6)22-10-19-11-12(22)20-14(18)21-13(11)23/h15,19H,7-10H2,1-6H3,(H3,18,20,21,23). The molecule has 0 saturated carbocycles. The highest BCUT2D eigenvalue weighted by Crippen LogP contribution is 2.29. The largest absolute Gasteiger partial charge is 0.376 e. The SMILES string of the molecule is CC(C)(C)OCCCOC(OC(C)(C)C)N1CNc2c1nc(N)[nH]c2=O. The molecule has 0 radical (unpaired) electrons. The lowest BCUT2D eigenvalue weighted by Crippen LogP contribution is -2.44. The second kappa shape index (κ2) is 7.81. The molecular formula is C17H31N5O4. The molecule has 1 aromatic rings. The predicted octanol–water partition coefficient (Wildman–Crippen LogP) is 1.86. The Morgan fingerprint density at radius 1 is 1.19 bits per heavy atom. The molecule has 0 amide bonds. The third-order valence-corrected chi connectivity index (χ3v) is 3.41. The first kappa shape index (κ1) is 20.5. The Labute approximate surface area is 154 Å². The summed E-state index contributed by atoms with van der Waals surface area (Å²) in [5.74, 6) is 0.474. The molecule has 1 unspecified atom stereocenters. The number of aromatic amines is 1. The van der Waals surface area contributed by atoms with Crippen LogP contribution in [0.1, 0.15) is 48.0 Å². The lowest BCUT2D eigenvalue weighted by molar-refractivity contribution is -0.195. The van der Waals surface area contributed by atoms with Crippen molar-refractivity contribution >= 4 is 17.5 Å². The lowest BCUT2D eigenvalue weighted by atomic mass is 10.2. The van der Waals surface area contributed by atoms with Crippen LogP contribution in [-0.4, -0.2) is 47.5 Å². The predicted molar refractivity (Wildman–Crippen MR) is 101 cm³/mol. The minimum atomic E-state index is -0.702. The van der Waals surface area contributed by atoms with Gasteiger partial charge in [0.1, 0.15) is 5.69 Å². The summed E-state index contributed by atoms with van der Waals surface area (Å²) >= 11 is 0. The van der Waals surface area contributed by atoms with Gasteiger partial charge in [-0.1, -0.05) is 0 Å². The fourth-order valence-corrected chi connectivity index (χ4v) is 2.37. The molecule has 0 aliphatic carbocycles. The van der Waals surface area contributed by atoms with Gasteiger partial charge in [-0.15, -0.1) is 0 Å². The Hall–Kier alpha value is -1.84. The van der Waals surface area contributed by atoms with Crippen molar-refractivity contribution in [3.05, 3.63) is 10.4 Å². The number of fused-ring (bicyclic) bond motifs is 1. The van der Waals surface area contributed by atoms with E-state index in [4.69, 9.17) is 19.9 Å². The van der Waals surface area contributed by atoms with Crippen molar-refractivity contribution in [1.82, 2.24) is 9.97 Å². The molecule has 0 aromatic carbocycles. The number of nitrogens with one attached hydrogen (secondary N) is 2. The second-order valence-electron chi connectivity index (χ2n) is 8.18. The molecule has 2 rings (SSSR count). The number of rotatable bonds is 7. The van der Waals surface area contributed by atoms with Crippen LogP contribution in [0.15, 0.2) is 4.79 Å². The van der Waals surface area contributed by atoms with Crippen LogP contribution in [0.3, 0.4) is 0 Å². The lowest BCUT2D eigenvalue weighted by Gasteiger charge is -2.33. The maximum absolute atomic E-state index is 12.0. The molecule has 2 heterocycles. The van der Waals surface area contributed by atoms with E-state index in [0.717, 1.165) is 6.42 Å². The number of hydrogen-bond donors (Lipinski definition) is 3. The molecule has 0 fully saturated rings. The smallest absolute Gasteiger partial charge is 0.277 e. The van der Waals surface area contributed by atoms with E-state index in [1.807, 2.05) is 41.5 Å². The average molecular weight is 369 g/mol. The maximum Gasteiger partial charge on any atom is 0.277 e. The van der Waals surface area contributed by atoms with Crippen molar-refractivity contribution in [2.24, 2.45) is 0 Å². The van der Waals surface area contributed by atoms with Gasteiger partial charge >= 0.3 is 0 Å². The molecule has 148 valence electrons. The number of nitrogens with two attached hydrogens (primary N) is 1. The van der Waals surface area contributed by atoms with Crippen LogP contribution >= 0.6 is 0 Å². The summed E-state index contributed by atoms with van der Waals surface area (Å²) < 4.78 is 17.7. The van der Waals surface area contributed by atoms with Gasteiger partial charge in [0.15, 0.2) is 5.82 Å². The molecule has 1 aromatic heterocycles. The fourth-order valence-electron chi connectivity index (χ4n) is 2.37. The number of aromatic nitrogens is 2. The molecular weight excluding hydrogens is 338 g/mol. The molecule has 1 aliphatic heterocycles. The van der Waals surface area contributed by atoms with Gasteiger partial charge in [-0.2, -0.15) is 4.98 Å². The highest BCUT2D eigenvalue weighted by molar-refractivity contribution is 5.70. The summed E-state index contributed by atoms with van der Waals surface area (Å²) in [6.07, 6.45) is 0.0208. The van der Waals surface area contributed by atoms with Gasteiger partial charge in [-0.05, 0) is 48.0 Å². The maximum atomic E-state index is 12.0. The summed E-state index contributed by atoms with van der Waals surface area (Å²) in [5, 5.41) is 3.01. The third-order valence-electron chi connectivity index (χ3n) is 3.41. The van der Waals surface area contributed by atoms with Gasteiger partial charge in [-0.3, -0.25) is 14.7 Å². The Balaban J connectivity index is 2.06. The minimum Gasteiger partial charge on any atom is -0.376 e. The second-order valence-corrected chi connectivity index (χ2v) is 8.18.